The lowest BCUT2D eigenvalue weighted by atomic mass is 10.0. The van der Waals surface area contributed by atoms with Crippen molar-refractivity contribution in [3.63, 3.8) is 0 Å². The van der Waals surface area contributed by atoms with Crippen molar-refractivity contribution in [3.8, 4) is 11.5 Å². The number of carbonyl (C=O) groups excluding carboxylic acids is 2. The number of carbonyl (C=O) groups is 2. The van der Waals surface area contributed by atoms with Gasteiger partial charge < -0.3 is 14.4 Å². The fourth-order valence-electron chi connectivity index (χ4n) is 3.10. The molecular formula is C27H35NO4. The van der Waals surface area contributed by atoms with Crippen LogP contribution in [0.2, 0.25) is 0 Å². The first kappa shape index (κ1) is 25.2. The molecule has 0 N–H and O–H groups in total. The molecule has 0 heterocycles. The number of rotatable bonds is 12. The minimum atomic E-state index is -0.144. The van der Waals surface area contributed by atoms with E-state index >= 15 is 0 Å². The van der Waals surface area contributed by atoms with E-state index in [0.29, 0.717) is 30.1 Å². The Kier molecular flexibility index (Phi) is 9.99. The Labute approximate surface area is 192 Å². The predicted molar refractivity (Wildman–Crippen MR) is 130 cm³/mol. The molecule has 2 rings (SSSR count). The molecule has 0 unspecified atom stereocenters. The standard InChI is InChI=1S/C27H35NO4/c1-6-8-18-31-25-17-10-20(3)26(32-19-9-7-2)23(25)15-16-24(29)21-11-13-22(14-12-21)27(30)28(4)5/h10-17H,6-9,18-19H2,1-5H3. The van der Waals surface area contributed by atoms with Crippen LogP contribution in [0.15, 0.2) is 42.5 Å². The highest BCUT2D eigenvalue weighted by Gasteiger charge is 2.14. The summed E-state index contributed by atoms with van der Waals surface area (Å²) >= 11 is 0. The lowest BCUT2D eigenvalue weighted by Crippen LogP contribution is -2.21. The Morgan fingerprint density at radius 3 is 2.06 bits per heavy atom. The molecule has 0 saturated heterocycles. The van der Waals surface area contributed by atoms with Gasteiger partial charge in [-0.15, -0.1) is 0 Å². The van der Waals surface area contributed by atoms with E-state index in [1.54, 1.807) is 44.4 Å². The van der Waals surface area contributed by atoms with Gasteiger partial charge in [-0.1, -0.05) is 44.9 Å². The third-order valence-corrected chi connectivity index (χ3v) is 5.08. The SMILES string of the molecule is CCCCOc1ccc(C)c(OCCCC)c1C=CC(=O)c1ccc(C(=O)N(C)C)cc1. The maximum absolute atomic E-state index is 12.8. The molecule has 32 heavy (non-hydrogen) atoms. The van der Waals surface area contributed by atoms with E-state index in [1.165, 1.54) is 11.0 Å². The monoisotopic (exact) mass is 437 g/mol. The summed E-state index contributed by atoms with van der Waals surface area (Å²) in [6.07, 6.45) is 7.32. The first-order valence-electron chi connectivity index (χ1n) is 11.3. The highest BCUT2D eigenvalue weighted by molar-refractivity contribution is 6.07. The molecule has 0 atom stereocenters. The van der Waals surface area contributed by atoms with Crippen LogP contribution in [-0.2, 0) is 0 Å². The molecule has 0 radical (unpaired) electrons. The quantitative estimate of drug-likeness (QED) is 0.234. The zero-order valence-corrected chi connectivity index (χ0v) is 19.9. The average molecular weight is 438 g/mol. The minimum absolute atomic E-state index is 0.0953. The predicted octanol–water partition coefficient (Wildman–Crippen LogP) is 5.95. The molecule has 2 aromatic carbocycles. The zero-order chi connectivity index (χ0) is 23.5. The highest BCUT2D eigenvalue weighted by Crippen LogP contribution is 2.34. The normalized spacial score (nSPS) is 10.9. The summed E-state index contributed by atoms with van der Waals surface area (Å²) in [6, 6.07) is 10.6. The molecule has 0 aliphatic carbocycles. The third-order valence-electron chi connectivity index (χ3n) is 5.08. The summed E-state index contributed by atoms with van der Waals surface area (Å²) in [6.45, 7) is 7.47. The van der Waals surface area contributed by atoms with Crippen molar-refractivity contribution in [2.45, 2.75) is 46.5 Å². The van der Waals surface area contributed by atoms with Gasteiger partial charge in [-0.3, -0.25) is 9.59 Å². The Bertz CT molecular complexity index is 929. The second-order valence-corrected chi connectivity index (χ2v) is 8.00. The van der Waals surface area contributed by atoms with Gasteiger partial charge in [-0.25, -0.2) is 0 Å². The molecule has 172 valence electrons. The van der Waals surface area contributed by atoms with Gasteiger partial charge >= 0.3 is 0 Å². The lowest BCUT2D eigenvalue weighted by Gasteiger charge is -2.16. The maximum Gasteiger partial charge on any atom is 0.253 e. The van der Waals surface area contributed by atoms with Crippen molar-refractivity contribution in [1.82, 2.24) is 4.90 Å². The van der Waals surface area contributed by atoms with Gasteiger partial charge in [-0.2, -0.15) is 0 Å². The Balaban J connectivity index is 2.30. The van der Waals surface area contributed by atoms with Crippen LogP contribution in [0.25, 0.3) is 6.08 Å². The molecule has 5 nitrogen and oxygen atoms in total. The molecule has 0 aliphatic rings. The molecular weight excluding hydrogens is 402 g/mol. The van der Waals surface area contributed by atoms with Crippen molar-refractivity contribution in [1.29, 1.82) is 0 Å². The van der Waals surface area contributed by atoms with Crippen molar-refractivity contribution in [3.05, 3.63) is 64.7 Å². The Morgan fingerprint density at radius 1 is 0.875 bits per heavy atom. The van der Waals surface area contributed by atoms with Gasteiger partial charge in [0.2, 0.25) is 0 Å². The summed E-state index contributed by atoms with van der Waals surface area (Å²) in [5.41, 5.74) is 2.85. The van der Waals surface area contributed by atoms with Crippen LogP contribution in [0, 0.1) is 6.92 Å². The van der Waals surface area contributed by atoms with E-state index in [9.17, 15) is 9.59 Å². The summed E-state index contributed by atoms with van der Waals surface area (Å²) < 4.78 is 12.1. The van der Waals surface area contributed by atoms with Crippen LogP contribution in [0.1, 0.15) is 71.4 Å². The smallest absolute Gasteiger partial charge is 0.253 e. The van der Waals surface area contributed by atoms with E-state index in [-0.39, 0.29) is 11.7 Å². The molecule has 0 bridgehead atoms. The fraction of sp³-hybridized carbons (Fsp3) is 0.407. The number of nitrogens with zero attached hydrogens (tertiary/aromatic N) is 1. The van der Waals surface area contributed by atoms with Gasteiger partial charge in [0.15, 0.2) is 5.78 Å². The second kappa shape index (κ2) is 12.7. The molecule has 2 aromatic rings. The van der Waals surface area contributed by atoms with Gasteiger partial charge in [0.25, 0.3) is 5.91 Å². The first-order chi connectivity index (χ1) is 15.4. The number of ether oxygens (including phenoxy) is 2. The highest BCUT2D eigenvalue weighted by atomic mass is 16.5. The van der Waals surface area contributed by atoms with Crippen molar-refractivity contribution >= 4 is 17.8 Å². The average Bonchev–Trinajstić information content (AvgIpc) is 2.79. The van der Waals surface area contributed by atoms with Crippen LogP contribution in [0.5, 0.6) is 11.5 Å². The van der Waals surface area contributed by atoms with Crippen LogP contribution >= 0.6 is 0 Å². The number of amides is 1. The Morgan fingerprint density at radius 2 is 1.47 bits per heavy atom. The van der Waals surface area contributed by atoms with Gasteiger partial charge in [0.05, 0.1) is 18.8 Å². The maximum atomic E-state index is 12.8. The van der Waals surface area contributed by atoms with Crippen molar-refractivity contribution in [2.24, 2.45) is 0 Å². The minimum Gasteiger partial charge on any atom is -0.493 e. The van der Waals surface area contributed by atoms with E-state index in [0.717, 1.165) is 42.6 Å². The summed E-state index contributed by atoms with van der Waals surface area (Å²) in [7, 11) is 3.40. The second-order valence-electron chi connectivity index (χ2n) is 8.00. The van der Waals surface area contributed by atoms with Gasteiger partial charge in [-0.05, 0) is 55.7 Å². The number of ketones is 1. The molecule has 0 aliphatic heterocycles. The van der Waals surface area contributed by atoms with Crippen molar-refractivity contribution < 1.29 is 19.1 Å². The molecule has 0 spiro atoms. The van der Waals surface area contributed by atoms with Gasteiger partial charge in [0, 0.05) is 25.2 Å². The summed E-state index contributed by atoms with van der Waals surface area (Å²) in [5, 5.41) is 0. The number of hydrogen-bond acceptors (Lipinski definition) is 4. The lowest BCUT2D eigenvalue weighted by molar-refractivity contribution is 0.0827. The molecule has 0 saturated carbocycles. The molecule has 0 fully saturated rings. The topological polar surface area (TPSA) is 55.8 Å². The third kappa shape index (κ3) is 6.98. The van der Waals surface area contributed by atoms with Crippen molar-refractivity contribution in [2.75, 3.05) is 27.3 Å². The van der Waals surface area contributed by atoms with Gasteiger partial charge in [0.1, 0.15) is 11.5 Å². The van der Waals surface area contributed by atoms with E-state index in [1.807, 2.05) is 19.1 Å². The largest absolute Gasteiger partial charge is 0.493 e. The van der Waals surface area contributed by atoms with E-state index in [4.69, 9.17) is 9.47 Å². The zero-order valence-electron chi connectivity index (χ0n) is 19.9. The first-order valence-corrected chi connectivity index (χ1v) is 11.3. The van der Waals surface area contributed by atoms with E-state index < -0.39 is 0 Å². The fourth-order valence-corrected chi connectivity index (χ4v) is 3.10. The van der Waals surface area contributed by atoms with Crippen LogP contribution in [-0.4, -0.2) is 43.9 Å². The summed E-state index contributed by atoms with van der Waals surface area (Å²) in [5.74, 6) is 1.23. The number of allylic oxidation sites excluding steroid dienone is 1. The molecule has 5 heteroatoms. The van der Waals surface area contributed by atoms with Crippen LogP contribution < -0.4 is 9.47 Å². The molecule has 1 amide bonds. The van der Waals surface area contributed by atoms with E-state index in [2.05, 4.69) is 13.8 Å². The number of hydrogen-bond donors (Lipinski definition) is 0. The number of unbranched alkanes of at least 4 members (excludes halogenated alkanes) is 2. The number of benzene rings is 2. The van der Waals surface area contributed by atoms with Crippen LogP contribution in [0.3, 0.4) is 0 Å². The molecule has 0 aromatic heterocycles. The Hall–Kier alpha value is -3.08. The number of aryl methyl sites for hydroxylation is 1. The summed E-state index contributed by atoms with van der Waals surface area (Å²) in [4.78, 5) is 26.4. The van der Waals surface area contributed by atoms with Crippen LogP contribution in [0.4, 0.5) is 0 Å².